The van der Waals surface area contributed by atoms with Gasteiger partial charge >= 0.3 is 0 Å². The van der Waals surface area contributed by atoms with Gasteiger partial charge in [-0.15, -0.1) is 0 Å². The molecule has 0 unspecified atom stereocenters. The summed E-state index contributed by atoms with van der Waals surface area (Å²) in [7, 11) is 0. The van der Waals surface area contributed by atoms with Gasteiger partial charge in [-0.2, -0.15) is 0 Å². The van der Waals surface area contributed by atoms with E-state index in [1.807, 2.05) is 0 Å². The molecule has 2 heterocycles. The quantitative estimate of drug-likeness (QED) is 0.706. The van der Waals surface area contributed by atoms with E-state index < -0.39 is 5.41 Å². The molecule has 0 spiro atoms. The van der Waals surface area contributed by atoms with Crippen molar-refractivity contribution in [1.29, 1.82) is 0 Å². The lowest BCUT2D eigenvalue weighted by Gasteiger charge is -2.28. The van der Waals surface area contributed by atoms with E-state index in [0.29, 0.717) is 13.1 Å². The average Bonchev–Trinajstić information content (AvgIpc) is 2.57. The second-order valence-corrected chi connectivity index (χ2v) is 5.79. The smallest absolute Gasteiger partial charge is 0.235 e. The third-order valence-corrected chi connectivity index (χ3v) is 3.74. The van der Waals surface area contributed by atoms with Crippen LogP contribution in [0.15, 0.2) is 0 Å². The van der Waals surface area contributed by atoms with Crippen molar-refractivity contribution < 1.29 is 14.4 Å². The van der Waals surface area contributed by atoms with Crippen molar-refractivity contribution in [3.8, 4) is 0 Å². The van der Waals surface area contributed by atoms with Crippen LogP contribution in [-0.4, -0.2) is 60.2 Å². The topological polar surface area (TPSA) is 69.7 Å². The number of piperazine rings is 1. The second kappa shape index (κ2) is 5.28. The maximum absolute atomic E-state index is 12.0. The first-order valence-electron chi connectivity index (χ1n) is 6.75. The monoisotopic (exact) mass is 267 g/mol. The number of amides is 3. The van der Waals surface area contributed by atoms with E-state index >= 15 is 0 Å². The third kappa shape index (κ3) is 2.94. The first kappa shape index (κ1) is 14.0. The van der Waals surface area contributed by atoms with Gasteiger partial charge in [-0.25, -0.2) is 0 Å². The van der Waals surface area contributed by atoms with Crippen molar-refractivity contribution >= 4 is 17.7 Å². The molecule has 0 aliphatic carbocycles. The SMILES string of the molecule is CC1(C)CC(=O)N(CCC(=O)N2CCNCC2)C1=O. The molecule has 19 heavy (non-hydrogen) atoms. The molecule has 0 aromatic heterocycles. The minimum Gasteiger partial charge on any atom is -0.340 e. The standard InChI is InChI=1S/C13H21N3O3/c1-13(2)9-11(18)16(12(13)19)6-3-10(17)15-7-4-14-5-8-15/h14H,3-9H2,1-2H3. The Balaban J connectivity index is 1.87. The number of hydrogen-bond donors (Lipinski definition) is 1. The van der Waals surface area contributed by atoms with E-state index in [1.165, 1.54) is 4.90 Å². The van der Waals surface area contributed by atoms with Gasteiger partial charge in [0.25, 0.3) is 0 Å². The number of hydrogen-bond acceptors (Lipinski definition) is 4. The molecule has 106 valence electrons. The van der Waals surface area contributed by atoms with E-state index in [4.69, 9.17) is 0 Å². The highest BCUT2D eigenvalue weighted by Gasteiger charge is 2.44. The molecule has 2 aliphatic rings. The number of likely N-dealkylation sites (tertiary alicyclic amines) is 1. The Morgan fingerprint density at radius 1 is 1.26 bits per heavy atom. The molecule has 6 nitrogen and oxygen atoms in total. The van der Waals surface area contributed by atoms with Gasteiger partial charge in [-0.05, 0) is 0 Å². The number of imide groups is 1. The molecular weight excluding hydrogens is 246 g/mol. The number of nitrogens with zero attached hydrogens (tertiary/aromatic N) is 2. The lowest BCUT2D eigenvalue weighted by Crippen LogP contribution is -2.47. The molecule has 0 aromatic rings. The zero-order valence-electron chi connectivity index (χ0n) is 11.6. The summed E-state index contributed by atoms with van der Waals surface area (Å²) in [5, 5.41) is 3.18. The molecule has 3 amide bonds. The van der Waals surface area contributed by atoms with Gasteiger partial charge in [0.15, 0.2) is 0 Å². The Morgan fingerprint density at radius 2 is 1.89 bits per heavy atom. The fourth-order valence-electron chi connectivity index (χ4n) is 2.53. The van der Waals surface area contributed by atoms with Gasteiger partial charge in [0.2, 0.25) is 17.7 Å². The van der Waals surface area contributed by atoms with Crippen molar-refractivity contribution in [2.75, 3.05) is 32.7 Å². The van der Waals surface area contributed by atoms with Gasteiger partial charge in [0.05, 0.1) is 5.41 Å². The van der Waals surface area contributed by atoms with Gasteiger partial charge in [-0.3, -0.25) is 19.3 Å². The molecule has 2 fully saturated rings. The van der Waals surface area contributed by atoms with Crippen LogP contribution >= 0.6 is 0 Å². The van der Waals surface area contributed by atoms with Crippen LogP contribution in [0.4, 0.5) is 0 Å². The molecule has 0 aromatic carbocycles. The number of carbonyl (C=O) groups excluding carboxylic acids is 3. The second-order valence-electron chi connectivity index (χ2n) is 5.79. The van der Waals surface area contributed by atoms with E-state index in [1.54, 1.807) is 18.7 Å². The minimum absolute atomic E-state index is 0.0202. The summed E-state index contributed by atoms with van der Waals surface area (Å²) >= 11 is 0. The van der Waals surface area contributed by atoms with Gasteiger partial charge in [0.1, 0.15) is 0 Å². The number of carbonyl (C=O) groups is 3. The van der Waals surface area contributed by atoms with Crippen LogP contribution in [0.2, 0.25) is 0 Å². The highest BCUT2D eigenvalue weighted by molar-refractivity contribution is 6.05. The van der Waals surface area contributed by atoms with Gasteiger partial charge in [-0.1, -0.05) is 13.8 Å². The molecule has 0 atom stereocenters. The molecule has 0 radical (unpaired) electrons. The Kier molecular flexibility index (Phi) is 3.89. The van der Waals surface area contributed by atoms with Crippen LogP contribution < -0.4 is 5.32 Å². The zero-order chi connectivity index (χ0) is 14.0. The summed E-state index contributed by atoms with van der Waals surface area (Å²) in [6.45, 7) is 6.76. The summed E-state index contributed by atoms with van der Waals surface area (Å²) in [5.41, 5.74) is -0.616. The van der Waals surface area contributed by atoms with Crippen molar-refractivity contribution in [1.82, 2.24) is 15.1 Å². The fourth-order valence-corrected chi connectivity index (χ4v) is 2.53. The minimum atomic E-state index is -0.616. The number of rotatable bonds is 3. The van der Waals surface area contributed by atoms with E-state index in [9.17, 15) is 14.4 Å². The summed E-state index contributed by atoms with van der Waals surface area (Å²) in [6.07, 6.45) is 0.473. The first-order valence-corrected chi connectivity index (χ1v) is 6.75. The lowest BCUT2D eigenvalue weighted by molar-refractivity contribution is -0.141. The van der Waals surface area contributed by atoms with Crippen molar-refractivity contribution in [2.45, 2.75) is 26.7 Å². The predicted molar refractivity (Wildman–Crippen MR) is 69.2 cm³/mol. The third-order valence-electron chi connectivity index (χ3n) is 3.74. The summed E-state index contributed by atoms with van der Waals surface area (Å²) in [4.78, 5) is 38.8. The molecule has 2 rings (SSSR count). The van der Waals surface area contributed by atoms with Crippen molar-refractivity contribution in [3.63, 3.8) is 0 Å². The number of nitrogens with one attached hydrogen (secondary N) is 1. The van der Waals surface area contributed by atoms with E-state index in [-0.39, 0.29) is 37.1 Å². The fraction of sp³-hybridized carbons (Fsp3) is 0.769. The highest BCUT2D eigenvalue weighted by atomic mass is 16.2. The highest BCUT2D eigenvalue weighted by Crippen LogP contribution is 2.31. The molecule has 2 saturated heterocycles. The Hall–Kier alpha value is -1.43. The van der Waals surface area contributed by atoms with Crippen LogP contribution in [0, 0.1) is 5.41 Å². The molecule has 0 saturated carbocycles. The van der Waals surface area contributed by atoms with Crippen molar-refractivity contribution in [2.24, 2.45) is 5.41 Å². The van der Waals surface area contributed by atoms with Gasteiger partial charge in [0, 0.05) is 45.6 Å². The zero-order valence-corrected chi connectivity index (χ0v) is 11.6. The van der Waals surface area contributed by atoms with Crippen LogP contribution in [0.1, 0.15) is 26.7 Å². The normalized spacial score (nSPS) is 23.1. The van der Waals surface area contributed by atoms with E-state index in [0.717, 1.165) is 13.1 Å². The molecule has 6 heteroatoms. The molecular formula is C13H21N3O3. The summed E-state index contributed by atoms with van der Waals surface area (Å²) in [6, 6.07) is 0. The Bertz CT molecular complexity index is 400. The maximum Gasteiger partial charge on any atom is 0.235 e. The summed E-state index contributed by atoms with van der Waals surface area (Å²) in [5.74, 6) is -0.305. The van der Waals surface area contributed by atoms with E-state index in [2.05, 4.69) is 5.32 Å². The lowest BCUT2D eigenvalue weighted by atomic mass is 9.92. The first-order chi connectivity index (χ1) is 8.92. The largest absolute Gasteiger partial charge is 0.340 e. The van der Waals surface area contributed by atoms with Gasteiger partial charge < -0.3 is 10.2 Å². The van der Waals surface area contributed by atoms with Crippen LogP contribution in [0.25, 0.3) is 0 Å². The average molecular weight is 267 g/mol. The predicted octanol–water partition coefficient (Wildman–Crippen LogP) is -0.407. The molecule has 2 aliphatic heterocycles. The van der Waals surface area contributed by atoms with Crippen LogP contribution in [-0.2, 0) is 14.4 Å². The Labute approximate surface area is 113 Å². The van der Waals surface area contributed by atoms with Crippen molar-refractivity contribution in [3.05, 3.63) is 0 Å². The van der Waals surface area contributed by atoms with Crippen LogP contribution in [0.5, 0.6) is 0 Å². The Morgan fingerprint density at radius 3 is 2.42 bits per heavy atom. The molecule has 0 bridgehead atoms. The maximum atomic E-state index is 12.0. The summed E-state index contributed by atoms with van der Waals surface area (Å²) < 4.78 is 0. The molecule has 1 N–H and O–H groups in total. The van der Waals surface area contributed by atoms with Crippen LogP contribution in [0.3, 0.4) is 0 Å².